The molecular formula is C30H37N3O2. The summed E-state index contributed by atoms with van der Waals surface area (Å²) in [6.07, 6.45) is 3.74. The third kappa shape index (κ3) is 5.98. The molecule has 2 aromatic carbocycles. The first-order valence-corrected chi connectivity index (χ1v) is 12.6. The van der Waals surface area contributed by atoms with Crippen LogP contribution in [0.5, 0.6) is 0 Å². The summed E-state index contributed by atoms with van der Waals surface area (Å²) in [5.41, 5.74) is 5.41. The van der Waals surface area contributed by atoms with Gasteiger partial charge in [-0.25, -0.2) is 0 Å². The average Bonchev–Trinajstić information content (AvgIpc) is 3.71. The van der Waals surface area contributed by atoms with Gasteiger partial charge < -0.3 is 15.0 Å². The number of methoxy groups -OCH3 is 1. The van der Waals surface area contributed by atoms with Crippen molar-refractivity contribution in [2.75, 3.05) is 25.6 Å². The van der Waals surface area contributed by atoms with Crippen LogP contribution in [0.25, 0.3) is 11.1 Å². The van der Waals surface area contributed by atoms with Crippen LogP contribution in [0.2, 0.25) is 0 Å². The van der Waals surface area contributed by atoms with Gasteiger partial charge in [0.15, 0.2) is 0 Å². The summed E-state index contributed by atoms with van der Waals surface area (Å²) in [5, 5.41) is 3.45. The van der Waals surface area contributed by atoms with Gasteiger partial charge in [0.1, 0.15) is 0 Å². The second-order valence-electron chi connectivity index (χ2n) is 9.61. The van der Waals surface area contributed by atoms with Crippen molar-refractivity contribution >= 4 is 11.6 Å². The molecule has 1 N–H and O–H groups in total. The van der Waals surface area contributed by atoms with Crippen LogP contribution < -0.4 is 10.2 Å². The van der Waals surface area contributed by atoms with Gasteiger partial charge in [-0.2, -0.15) is 0 Å². The molecule has 1 fully saturated rings. The van der Waals surface area contributed by atoms with E-state index in [1.54, 1.807) is 7.11 Å². The predicted octanol–water partition coefficient (Wildman–Crippen LogP) is 5.67. The third-order valence-electron chi connectivity index (χ3n) is 7.30. The Morgan fingerprint density at radius 3 is 2.34 bits per heavy atom. The van der Waals surface area contributed by atoms with Gasteiger partial charge in [-0.3, -0.25) is 9.78 Å². The van der Waals surface area contributed by atoms with Gasteiger partial charge in [0.2, 0.25) is 5.91 Å². The molecule has 0 bridgehead atoms. The molecule has 1 aliphatic rings. The van der Waals surface area contributed by atoms with Gasteiger partial charge in [-0.15, -0.1) is 0 Å². The van der Waals surface area contributed by atoms with Gasteiger partial charge >= 0.3 is 0 Å². The van der Waals surface area contributed by atoms with E-state index >= 15 is 0 Å². The van der Waals surface area contributed by atoms with Crippen molar-refractivity contribution in [2.24, 2.45) is 11.8 Å². The molecule has 0 radical (unpaired) electrons. The Morgan fingerprint density at radius 1 is 1.09 bits per heavy atom. The van der Waals surface area contributed by atoms with Crippen molar-refractivity contribution in [3.63, 3.8) is 0 Å². The van der Waals surface area contributed by atoms with Crippen molar-refractivity contribution in [2.45, 2.75) is 45.3 Å². The second-order valence-corrected chi connectivity index (χ2v) is 9.61. The number of hydrogen-bond acceptors (Lipinski definition) is 4. The lowest BCUT2D eigenvalue weighted by atomic mass is 9.98. The Balaban J connectivity index is 1.56. The van der Waals surface area contributed by atoms with Crippen LogP contribution in [0.1, 0.15) is 43.9 Å². The molecule has 1 saturated carbocycles. The largest absolute Gasteiger partial charge is 0.380 e. The summed E-state index contributed by atoms with van der Waals surface area (Å²) in [7, 11) is 3.70. The number of pyridine rings is 1. The highest BCUT2D eigenvalue weighted by Gasteiger charge is 2.47. The van der Waals surface area contributed by atoms with E-state index in [-0.39, 0.29) is 23.8 Å². The molecule has 1 aromatic heterocycles. The maximum atomic E-state index is 13.8. The van der Waals surface area contributed by atoms with E-state index in [4.69, 9.17) is 4.74 Å². The van der Waals surface area contributed by atoms with E-state index in [2.05, 4.69) is 72.7 Å². The first-order valence-electron chi connectivity index (χ1n) is 12.6. The summed E-state index contributed by atoms with van der Waals surface area (Å²) in [6, 6.07) is 23.0. The highest BCUT2D eigenvalue weighted by Crippen LogP contribution is 2.48. The molecule has 184 valence electrons. The normalized spacial score (nSPS) is 18.6. The minimum Gasteiger partial charge on any atom is -0.380 e. The monoisotopic (exact) mass is 471 g/mol. The number of benzene rings is 2. The molecule has 1 amide bonds. The first-order chi connectivity index (χ1) is 17.0. The number of amides is 1. The fraction of sp³-hybridized carbons (Fsp3) is 0.400. The number of ether oxygens (including phenoxy) is 1. The number of hydrogen-bond donors (Lipinski definition) is 1. The minimum atomic E-state index is -0.00709. The molecule has 5 heteroatoms. The van der Waals surface area contributed by atoms with Gasteiger partial charge in [-0.1, -0.05) is 62.7 Å². The van der Waals surface area contributed by atoms with Crippen LogP contribution in [-0.2, 0) is 16.1 Å². The van der Waals surface area contributed by atoms with Crippen molar-refractivity contribution in [3.8, 4) is 11.1 Å². The Bertz CT molecular complexity index is 1080. The van der Waals surface area contributed by atoms with Gasteiger partial charge in [-0.05, 0) is 60.3 Å². The zero-order valence-electron chi connectivity index (χ0n) is 21.3. The topological polar surface area (TPSA) is 54.5 Å². The summed E-state index contributed by atoms with van der Waals surface area (Å²) in [4.78, 5) is 20.3. The molecule has 4 rings (SSSR count). The quantitative estimate of drug-likeness (QED) is 0.392. The number of carbonyl (C=O) groups excluding carboxylic acids is 1. The maximum Gasteiger partial charge on any atom is 0.230 e. The number of anilines is 1. The second kappa shape index (κ2) is 11.6. The van der Waals surface area contributed by atoms with Crippen LogP contribution in [0.3, 0.4) is 0 Å². The predicted molar refractivity (Wildman–Crippen MR) is 142 cm³/mol. The summed E-state index contributed by atoms with van der Waals surface area (Å²) in [5.74, 6) is 0.868. The fourth-order valence-electron chi connectivity index (χ4n) is 4.74. The molecular weight excluding hydrogens is 434 g/mol. The van der Waals surface area contributed by atoms with E-state index in [0.717, 1.165) is 40.9 Å². The average molecular weight is 472 g/mol. The van der Waals surface area contributed by atoms with E-state index in [9.17, 15) is 4.79 Å². The van der Waals surface area contributed by atoms with Crippen molar-refractivity contribution in [1.82, 2.24) is 10.3 Å². The number of aromatic nitrogens is 1. The van der Waals surface area contributed by atoms with Crippen molar-refractivity contribution in [3.05, 3.63) is 84.2 Å². The smallest absolute Gasteiger partial charge is 0.230 e. The lowest BCUT2D eigenvalue weighted by molar-refractivity contribution is -0.120. The Kier molecular flexibility index (Phi) is 8.32. The lowest BCUT2D eigenvalue weighted by Gasteiger charge is -2.31. The number of rotatable bonds is 11. The number of likely N-dealkylation sites (N-methyl/N-ethyl adjacent to an activating group) is 1. The minimum absolute atomic E-state index is 0.00709. The van der Waals surface area contributed by atoms with Gasteiger partial charge in [0.05, 0.1) is 6.61 Å². The Labute approximate surface area is 209 Å². The summed E-state index contributed by atoms with van der Waals surface area (Å²) in [6.45, 7) is 5.71. The molecule has 4 atom stereocenters. The molecule has 1 heterocycles. The standard InChI is InChI=1S/C30H37N3O2/c1-5-21(2)29(31-3)19-33(30(34)27-18-26(27)28-8-6-7-17-32-28)25-15-13-24(14-16-25)23-11-9-22(10-12-23)20-35-4/h6-17,21,26-27,29,31H,5,18-20H2,1-4H3. The molecule has 0 saturated heterocycles. The zero-order valence-corrected chi connectivity index (χ0v) is 21.3. The summed E-state index contributed by atoms with van der Waals surface area (Å²) >= 11 is 0. The fourth-order valence-corrected chi connectivity index (χ4v) is 4.74. The van der Waals surface area contributed by atoms with Crippen LogP contribution in [0, 0.1) is 11.8 Å². The van der Waals surface area contributed by atoms with Crippen molar-refractivity contribution < 1.29 is 9.53 Å². The van der Waals surface area contributed by atoms with Gasteiger partial charge in [0, 0.05) is 49.1 Å². The molecule has 5 nitrogen and oxygen atoms in total. The molecule has 0 spiro atoms. The number of nitrogens with zero attached hydrogens (tertiary/aromatic N) is 2. The van der Waals surface area contributed by atoms with E-state index < -0.39 is 0 Å². The molecule has 4 unspecified atom stereocenters. The number of nitrogens with one attached hydrogen (secondary N) is 1. The van der Waals surface area contributed by atoms with E-state index in [1.165, 1.54) is 0 Å². The molecule has 3 aromatic rings. The Hall–Kier alpha value is -3.02. The SMILES string of the molecule is CCC(C)C(CN(C(=O)C1CC1c1ccccn1)c1ccc(-c2ccc(COC)cc2)cc1)NC. The maximum absolute atomic E-state index is 13.8. The first kappa shape index (κ1) is 25.1. The van der Waals surface area contributed by atoms with Gasteiger partial charge in [0.25, 0.3) is 0 Å². The molecule has 0 aliphatic heterocycles. The van der Waals surface area contributed by atoms with Crippen LogP contribution in [0.4, 0.5) is 5.69 Å². The van der Waals surface area contributed by atoms with Crippen LogP contribution in [-0.4, -0.2) is 37.6 Å². The number of carbonyl (C=O) groups is 1. The van der Waals surface area contributed by atoms with Crippen LogP contribution in [0.15, 0.2) is 72.9 Å². The van der Waals surface area contributed by atoms with E-state index in [0.29, 0.717) is 19.1 Å². The molecule has 35 heavy (non-hydrogen) atoms. The Morgan fingerprint density at radius 2 is 1.77 bits per heavy atom. The summed E-state index contributed by atoms with van der Waals surface area (Å²) < 4.78 is 5.22. The highest BCUT2D eigenvalue weighted by molar-refractivity contribution is 5.97. The zero-order chi connectivity index (χ0) is 24.8. The highest BCUT2D eigenvalue weighted by atomic mass is 16.5. The molecule has 1 aliphatic carbocycles. The van der Waals surface area contributed by atoms with Crippen molar-refractivity contribution in [1.29, 1.82) is 0 Å². The third-order valence-corrected chi connectivity index (χ3v) is 7.30. The lowest BCUT2D eigenvalue weighted by Crippen LogP contribution is -2.46. The van der Waals surface area contributed by atoms with E-state index in [1.807, 2.05) is 36.3 Å². The van der Waals surface area contributed by atoms with Crippen LogP contribution >= 0.6 is 0 Å².